The number of imidazole rings is 1. The topological polar surface area (TPSA) is 94.4 Å². The van der Waals surface area contributed by atoms with Crippen molar-refractivity contribution in [1.82, 2.24) is 24.0 Å². The number of halogens is 1. The number of hydrogen-bond donors (Lipinski definition) is 1. The number of carbonyl (C=O) groups is 1. The average molecular weight is 650 g/mol. The summed E-state index contributed by atoms with van der Waals surface area (Å²) in [6, 6.07) is 14.6. The van der Waals surface area contributed by atoms with Gasteiger partial charge in [-0.15, -0.1) is 0 Å². The van der Waals surface area contributed by atoms with E-state index in [1.54, 1.807) is 7.11 Å². The Morgan fingerprint density at radius 1 is 0.979 bits per heavy atom. The summed E-state index contributed by atoms with van der Waals surface area (Å²) in [4.78, 5) is 28.1. The molecule has 2 saturated heterocycles. The molecule has 0 spiro atoms. The Hall–Kier alpha value is -4.08. The maximum atomic E-state index is 14.0. The number of rotatable bonds is 8. The molecular weight excluding hydrogens is 610 g/mol. The lowest BCUT2D eigenvalue weighted by Crippen LogP contribution is -2.48. The Kier molecular flexibility index (Phi) is 6.80. The van der Waals surface area contributed by atoms with E-state index in [9.17, 15) is 4.79 Å². The van der Waals surface area contributed by atoms with Crippen LogP contribution < -0.4 is 15.4 Å². The van der Waals surface area contributed by atoms with E-state index in [-0.39, 0.29) is 18.0 Å². The fourth-order valence-corrected chi connectivity index (χ4v) is 8.53. The van der Waals surface area contributed by atoms with Crippen LogP contribution in [-0.2, 0) is 13.1 Å². The molecule has 0 unspecified atom stereocenters. The monoisotopic (exact) mass is 649 g/mol. The number of aromatic nitrogens is 4. The predicted molar refractivity (Wildman–Crippen MR) is 185 cm³/mol. The van der Waals surface area contributed by atoms with Crippen LogP contribution in [0.1, 0.15) is 41.6 Å². The lowest BCUT2D eigenvalue weighted by molar-refractivity contribution is 0.0700. The van der Waals surface area contributed by atoms with Crippen LogP contribution in [-0.4, -0.2) is 68.7 Å². The smallest absolute Gasteiger partial charge is 0.254 e. The van der Waals surface area contributed by atoms with Gasteiger partial charge in [0.2, 0.25) is 0 Å². The zero-order valence-corrected chi connectivity index (χ0v) is 27.7. The van der Waals surface area contributed by atoms with Crippen molar-refractivity contribution in [2.24, 2.45) is 23.5 Å². The average Bonchev–Trinajstić information content (AvgIpc) is 3.42. The third kappa shape index (κ3) is 4.89. The minimum absolute atomic E-state index is 0.0165. The molecule has 3 atom stereocenters. The molecule has 5 heterocycles. The van der Waals surface area contributed by atoms with Crippen molar-refractivity contribution >= 4 is 45.1 Å². The van der Waals surface area contributed by atoms with Gasteiger partial charge in [-0.2, -0.15) is 0 Å². The van der Waals surface area contributed by atoms with Crippen molar-refractivity contribution in [2.75, 3.05) is 31.6 Å². The van der Waals surface area contributed by atoms with Gasteiger partial charge < -0.3 is 29.4 Å². The van der Waals surface area contributed by atoms with Crippen molar-refractivity contribution in [2.45, 2.75) is 57.8 Å². The summed E-state index contributed by atoms with van der Waals surface area (Å²) in [5, 5.41) is 1.88. The lowest BCUT2D eigenvalue weighted by atomic mass is 9.98. The number of piperidine rings is 1. The number of methoxy groups -OCH3 is 1. The van der Waals surface area contributed by atoms with E-state index in [0.29, 0.717) is 29.1 Å². The molecule has 3 aromatic heterocycles. The van der Waals surface area contributed by atoms with Crippen LogP contribution in [0.3, 0.4) is 0 Å². The number of ether oxygens (including phenoxy) is 1. The van der Waals surface area contributed by atoms with E-state index in [1.807, 2.05) is 35.5 Å². The molecule has 5 aromatic rings. The summed E-state index contributed by atoms with van der Waals surface area (Å²) in [7, 11) is 1.69. The number of nitrogens with zero attached hydrogens (tertiary/aromatic N) is 6. The number of benzene rings is 2. The summed E-state index contributed by atoms with van der Waals surface area (Å²) in [6.45, 7) is 6.38. The van der Waals surface area contributed by atoms with Crippen LogP contribution in [0.25, 0.3) is 33.5 Å². The summed E-state index contributed by atoms with van der Waals surface area (Å²) in [5.41, 5.74) is 13.3. The number of carbonyl (C=O) groups excluding carboxylic acids is 1. The standard InChI is InChI=1S/C37H40ClN7O2/c1-21-9-28(15-40-14-21)42-16-23(17-42)19-45-35-29(10-26(12-33(35)47-2)37(46)44-20-25-6-8-30(44)34(25)39)41-36(45)32-11-24-5-7-27(38)13-31(24)43(32)18-22-3-4-22/h5,7,9-15,22-23,25,30,34H,3-4,6,8,16-20,39H2,1-2H3/t25-,30-,34-/m1/s1. The number of nitrogens with two attached hydrogens (primary N) is 1. The van der Waals surface area contributed by atoms with Gasteiger partial charge in [-0.1, -0.05) is 17.7 Å². The van der Waals surface area contributed by atoms with Crippen molar-refractivity contribution in [3.05, 3.63) is 71.0 Å². The first-order valence-corrected chi connectivity index (χ1v) is 17.3. The fourth-order valence-electron chi connectivity index (χ4n) is 8.36. The molecule has 9 nitrogen and oxygen atoms in total. The van der Waals surface area contributed by atoms with Gasteiger partial charge in [0.15, 0.2) is 5.82 Å². The Labute approximate surface area is 279 Å². The number of anilines is 1. The molecular formula is C37H40ClN7O2. The van der Waals surface area contributed by atoms with Gasteiger partial charge in [-0.05, 0) is 86.4 Å². The summed E-state index contributed by atoms with van der Waals surface area (Å²) in [5.74, 6) is 3.04. The first-order chi connectivity index (χ1) is 22.8. The number of likely N-dealkylation sites (tertiary alicyclic amines) is 1. The molecule has 9 rings (SSSR count). The maximum Gasteiger partial charge on any atom is 0.254 e. The van der Waals surface area contributed by atoms with Crippen LogP contribution in [0.15, 0.2) is 54.9 Å². The van der Waals surface area contributed by atoms with Crippen molar-refractivity contribution in [1.29, 1.82) is 0 Å². The fraction of sp³-hybridized carbons (Fsp3) is 0.432. The van der Waals surface area contributed by atoms with Crippen molar-refractivity contribution in [3.63, 3.8) is 0 Å². The zero-order valence-electron chi connectivity index (χ0n) is 26.9. The van der Waals surface area contributed by atoms with Gasteiger partial charge in [0.25, 0.3) is 5.91 Å². The highest BCUT2D eigenvalue weighted by molar-refractivity contribution is 6.31. The first kappa shape index (κ1) is 29.1. The maximum absolute atomic E-state index is 14.0. The highest BCUT2D eigenvalue weighted by Gasteiger charge is 2.47. The van der Waals surface area contributed by atoms with E-state index in [0.717, 1.165) is 95.3 Å². The van der Waals surface area contributed by atoms with Crippen LogP contribution in [0.5, 0.6) is 5.75 Å². The first-order valence-electron chi connectivity index (χ1n) is 16.9. The second-order valence-corrected chi connectivity index (χ2v) is 14.7. The Bertz CT molecular complexity index is 2040. The minimum atomic E-state index is 0.0165. The summed E-state index contributed by atoms with van der Waals surface area (Å²) < 4.78 is 10.8. The van der Waals surface area contributed by atoms with Crippen LogP contribution in [0, 0.1) is 24.7 Å². The van der Waals surface area contributed by atoms with Crippen LogP contribution in [0.2, 0.25) is 5.02 Å². The lowest BCUT2D eigenvalue weighted by Gasteiger charge is -2.41. The number of amides is 1. The molecule has 10 heteroatoms. The molecule has 47 heavy (non-hydrogen) atoms. The quantitative estimate of drug-likeness (QED) is 0.217. The number of hydrogen-bond acceptors (Lipinski definition) is 6. The van der Waals surface area contributed by atoms with Crippen LogP contribution in [0.4, 0.5) is 5.69 Å². The molecule has 4 fully saturated rings. The molecule has 2 N–H and O–H groups in total. The van der Waals surface area contributed by atoms with E-state index >= 15 is 0 Å². The van der Waals surface area contributed by atoms with E-state index in [4.69, 9.17) is 27.1 Å². The van der Waals surface area contributed by atoms with Gasteiger partial charge in [0, 0.05) is 72.9 Å². The van der Waals surface area contributed by atoms with Gasteiger partial charge >= 0.3 is 0 Å². The zero-order chi connectivity index (χ0) is 32.0. The molecule has 4 aliphatic rings. The Balaban J connectivity index is 1.15. The largest absolute Gasteiger partial charge is 0.494 e. The highest BCUT2D eigenvalue weighted by atomic mass is 35.5. The number of aryl methyl sites for hydroxylation is 1. The molecule has 242 valence electrons. The van der Waals surface area contributed by atoms with Gasteiger partial charge in [0.1, 0.15) is 11.3 Å². The van der Waals surface area contributed by atoms with Gasteiger partial charge in [-0.25, -0.2) is 4.98 Å². The van der Waals surface area contributed by atoms with E-state index < -0.39 is 0 Å². The molecule has 2 bridgehead atoms. The molecule has 0 radical (unpaired) electrons. The number of pyridine rings is 1. The van der Waals surface area contributed by atoms with Gasteiger partial charge in [-0.3, -0.25) is 9.78 Å². The number of fused-ring (bicyclic) bond motifs is 4. The van der Waals surface area contributed by atoms with Gasteiger partial charge in [0.05, 0.1) is 35.7 Å². The van der Waals surface area contributed by atoms with Crippen molar-refractivity contribution in [3.8, 4) is 17.3 Å². The Morgan fingerprint density at radius 3 is 2.53 bits per heavy atom. The third-order valence-electron chi connectivity index (χ3n) is 11.0. The molecule has 2 saturated carbocycles. The minimum Gasteiger partial charge on any atom is -0.494 e. The SMILES string of the molecule is COc1cc(C(=O)N2C[C@H]3CC[C@@H]2[C@@H]3N)cc2nc(-c3cc4ccc(Cl)cc4n3CC3CC3)n(CC3CN(c4cncc(C)c4)C3)c12. The molecule has 2 aliphatic heterocycles. The molecule has 2 aromatic carbocycles. The van der Waals surface area contributed by atoms with E-state index in [2.05, 4.69) is 50.2 Å². The normalized spacial score (nSPS) is 22.5. The van der Waals surface area contributed by atoms with E-state index in [1.165, 1.54) is 12.8 Å². The summed E-state index contributed by atoms with van der Waals surface area (Å²) >= 11 is 6.53. The third-order valence-corrected chi connectivity index (χ3v) is 11.3. The summed E-state index contributed by atoms with van der Waals surface area (Å²) in [6.07, 6.45) is 8.40. The second-order valence-electron chi connectivity index (χ2n) is 14.3. The van der Waals surface area contributed by atoms with Crippen LogP contribution >= 0.6 is 11.6 Å². The second kappa shape index (κ2) is 11.0. The predicted octanol–water partition coefficient (Wildman–Crippen LogP) is 6.13. The highest BCUT2D eigenvalue weighted by Crippen LogP contribution is 2.41. The molecule has 1 amide bonds. The van der Waals surface area contributed by atoms with Crippen molar-refractivity contribution < 1.29 is 9.53 Å². The molecule has 2 aliphatic carbocycles. The Morgan fingerprint density at radius 2 is 1.81 bits per heavy atom.